The number of benzene rings is 1. The molecule has 6 nitrogen and oxygen atoms in total. The molecule has 2 aliphatic rings. The summed E-state index contributed by atoms with van der Waals surface area (Å²) in [4.78, 5) is 38.8. The largest absolute Gasteiger partial charge is 0.497 e. The lowest BCUT2D eigenvalue weighted by Crippen LogP contribution is -2.47. The molecule has 1 aliphatic carbocycles. The van der Waals surface area contributed by atoms with Gasteiger partial charge in [-0.3, -0.25) is 14.5 Å². The maximum absolute atomic E-state index is 12.9. The summed E-state index contributed by atoms with van der Waals surface area (Å²) in [5.41, 5.74) is -0.349. The number of carbonyl (C=O) groups is 3. The van der Waals surface area contributed by atoms with Crippen LogP contribution in [0.5, 0.6) is 5.75 Å². The molecule has 0 aromatic heterocycles. The maximum atomic E-state index is 12.9. The van der Waals surface area contributed by atoms with Gasteiger partial charge in [0.2, 0.25) is 0 Å². The van der Waals surface area contributed by atoms with E-state index in [-0.39, 0.29) is 18.2 Å². The van der Waals surface area contributed by atoms with Crippen LogP contribution in [0.2, 0.25) is 0 Å². The van der Waals surface area contributed by atoms with E-state index in [0.29, 0.717) is 24.2 Å². The van der Waals surface area contributed by atoms with Crippen molar-refractivity contribution in [1.82, 2.24) is 10.2 Å². The molecule has 1 heterocycles. The van der Waals surface area contributed by atoms with Gasteiger partial charge in [0, 0.05) is 5.56 Å². The van der Waals surface area contributed by atoms with Crippen molar-refractivity contribution < 1.29 is 19.1 Å². The lowest BCUT2D eigenvalue weighted by molar-refractivity contribution is -0.131. The number of imide groups is 1. The lowest BCUT2D eigenvalue weighted by atomic mass is 9.84. The summed E-state index contributed by atoms with van der Waals surface area (Å²) < 4.78 is 5.07. The van der Waals surface area contributed by atoms with Crippen LogP contribution < -0.4 is 10.1 Å². The van der Waals surface area contributed by atoms with Gasteiger partial charge in [0.05, 0.1) is 13.7 Å². The van der Waals surface area contributed by atoms with Crippen molar-refractivity contribution >= 4 is 17.7 Å². The molecule has 1 aromatic carbocycles. The number of urea groups is 1. The molecule has 0 radical (unpaired) electrons. The highest BCUT2D eigenvalue weighted by atomic mass is 16.5. The first-order valence-corrected chi connectivity index (χ1v) is 8.87. The molecule has 6 heteroatoms. The van der Waals surface area contributed by atoms with E-state index < -0.39 is 11.6 Å². The second kappa shape index (κ2) is 7.25. The molecule has 0 bridgehead atoms. The Balaban J connectivity index is 1.72. The predicted octanol–water partition coefficient (Wildman–Crippen LogP) is 2.91. The second-order valence-electron chi connectivity index (χ2n) is 6.82. The molecule has 1 saturated heterocycles. The second-order valence-corrected chi connectivity index (χ2v) is 6.82. The van der Waals surface area contributed by atoms with Crippen LogP contribution in [0.1, 0.15) is 55.3 Å². The van der Waals surface area contributed by atoms with Gasteiger partial charge >= 0.3 is 6.03 Å². The topological polar surface area (TPSA) is 75.7 Å². The molecule has 1 aliphatic heterocycles. The van der Waals surface area contributed by atoms with E-state index in [1.807, 2.05) is 0 Å². The van der Waals surface area contributed by atoms with Gasteiger partial charge in [-0.05, 0) is 37.1 Å². The Kier molecular flexibility index (Phi) is 5.06. The van der Waals surface area contributed by atoms with Crippen LogP contribution >= 0.6 is 0 Å². The average molecular weight is 344 g/mol. The van der Waals surface area contributed by atoms with Crippen molar-refractivity contribution in [2.75, 3.05) is 13.7 Å². The number of hydrogen-bond acceptors (Lipinski definition) is 4. The van der Waals surface area contributed by atoms with Gasteiger partial charge in [-0.25, -0.2) is 4.79 Å². The Hall–Kier alpha value is -2.37. The van der Waals surface area contributed by atoms with Gasteiger partial charge in [0.1, 0.15) is 11.3 Å². The normalized spacial score (nSPS) is 20.1. The Bertz CT molecular complexity index is 661. The van der Waals surface area contributed by atoms with Crippen LogP contribution in [0.15, 0.2) is 24.3 Å². The number of carbonyl (C=O) groups excluding carboxylic acids is 3. The highest BCUT2D eigenvalue weighted by Gasteiger charge is 2.50. The average Bonchev–Trinajstić information content (AvgIpc) is 2.83. The van der Waals surface area contributed by atoms with Crippen molar-refractivity contribution in [1.29, 1.82) is 0 Å². The smallest absolute Gasteiger partial charge is 0.325 e. The van der Waals surface area contributed by atoms with Crippen LogP contribution in [-0.2, 0) is 4.79 Å². The Morgan fingerprint density at radius 2 is 1.68 bits per heavy atom. The number of ether oxygens (including phenoxy) is 1. The number of rotatable bonds is 4. The summed E-state index contributed by atoms with van der Waals surface area (Å²) in [6.45, 7) is -0.223. The number of ketones is 1. The number of nitrogens with one attached hydrogen (secondary N) is 1. The van der Waals surface area contributed by atoms with E-state index >= 15 is 0 Å². The molecule has 1 N–H and O–H groups in total. The first kappa shape index (κ1) is 17.5. The van der Waals surface area contributed by atoms with Gasteiger partial charge in [-0.1, -0.05) is 32.1 Å². The maximum Gasteiger partial charge on any atom is 0.325 e. The molecule has 134 valence electrons. The minimum atomic E-state index is -0.808. The Labute approximate surface area is 147 Å². The van der Waals surface area contributed by atoms with Gasteiger partial charge in [0.15, 0.2) is 5.78 Å². The van der Waals surface area contributed by atoms with Gasteiger partial charge < -0.3 is 10.1 Å². The Morgan fingerprint density at radius 3 is 2.28 bits per heavy atom. The fourth-order valence-corrected chi connectivity index (χ4v) is 3.68. The number of Topliss-reactive ketones (excluding diaryl/α,β-unsaturated/α-hetero) is 1. The monoisotopic (exact) mass is 344 g/mol. The first-order chi connectivity index (χ1) is 12.1. The van der Waals surface area contributed by atoms with E-state index in [2.05, 4.69) is 5.32 Å². The number of methoxy groups -OCH3 is 1. The molecule has 0 atom stereocenters. The van der Waals surface area contributed by atoms with E-state index in [4.69, 9.17) is 4.74 Å². The molecular formula is C19H24N2O4. The lowest BCUT2D eigenvalue weighted by Gasteiger charge is -2.28. The van der Waals surface area contributed by atoms with Gasteiger partial charge in [0.25, 0.3) is 5.91 Å². The molecule has 1 aromatic rings. The van der Waals surface area contributed by atoms with E-state index in [9.17, 15) is 14.4 Å². The van der Waals surface area contributed by atoms with Crippen LogP contribution in [0.25, 0.3) is 0 Å². The number of nitrogens with zero attached hydrogens (tertiary/aromatic N) is 1. The van der Waals surface area contributed by atoms with Crippen LogP contribution in [0, 0.1) is 0 Å². The van der Waals surface area contributed by atoms with E-state index in [1.165, 1.54) is 6.42 Å². The highest BCUT2D eigenvalue weighted by molar-refractivity contribution is 6.11. The molecular weight excluding hydrogens is 320 g/mol. The number of hydrogen-bond donors (Lipinski definition) is 1. The molecule has 0 unspecified atom stereocenters. The zero-order chi connectivity index (χ0) is 17.9. The summed E-state index contributed by atoms with van der Waals surface area (Å²) in [7, 11) is 1.55. The third kappa shape index (κ3) is 3.52. The summed E-state index contributed by atoms with van der Waals surface area (Å²) in [5, 5.41) is 2.88. The summed E-state index contributed by atoms with van der Waals surface area (Å²) in [6, 6.07) is 6.22. The minimum absolute atomic E-state index is 0.223. The van der Waals surface area contributed by atoms with Crippen molar-refractivity contribution in [2.24, 2.45) is 0 Å². The van der Waals surface area contributed by atoms with Crippen molar-refractivity contribution in [3.8, 4) is 5.75 Å². The summed E-state index contributed by atoms with van der Waals surface area (Å²) >= 11 is 0. The summed E-state index contributed by atoms with van der Waals surface area (Å²) in [5.74, 6) is 0.148. The third-order valence-corrected chi connectivity index (χ3v) is 5.17. The Morgan fingerprint density at radius 1 is 1.08 bits per heavy atom. The summed E-state index contributed by atoms with van der Waals surface area (Å²) in [6.07, 6.45) is 6.50. The standard InChI is InChI=1S/C19H24N2O4/c1-25-15-9-7-14(8-10-15)16(22)13-21-17(23)19(20-18(21)24)11-5-3-2-4-6-12-19/h7-10H,2-6,11-13H2,1H3,(H,20,24). The minimum Gasteiger partial charge on any atom is -0.497 e. The molecule has 3 amide bonds. The number of amides is 3. The van der Waals surface area contributed by atoms with E-state index in [0.717, 1.165) is 30.6 Å². The third-order valence-electron chi connectivity index (χ3n) is 5.17. The van der Waals surface area contributed by atoms with Gasteiger partial charge in [-0.2, -0.15) is 0 Å². The van der Waals surface area contributed by atoms with E-state index in [1.54, 1.807) is 31.4 Å². The first-order valence-electron chi connectivity index (χ1n) is 8.87. The fourth-order valence-electron chi connectivity index (χ4n) is 3.68. The van der Waals surface area contributed by atoms with Gasteiger partial charge in [-0.15, -0.1) is 0 Å². The zero-order valence-electron chi connectivity index (χ0n) is 14.5. The zero-order valence-corrected chi connectivity index (χ0v) is 14.5. The van der Waals surface area contributed by atoms with Crippen molar-refractivity contribution in [2.45, 2.75) is 50.5 Å². The fraction of sp³-hybridized carbons (Fsp3) is 0.526. The molecule has 1 saturated carbocycles. The molecule has 3 rings (SSSR count). The molecule has 2 fully saturated rings. The molecule has 25 heavy (non-hydrogen) atoms. The van der Waals surface area contributed by atoms with Crippen LogP contribution in [0.3, 0.4) is 0 Å². The van der Waals surface area contributed by atoms with Crippen LogP contribution in [0.4, 0.5) is 4.79 Å². The highest BCUT2D eigenvalue weighted by Crippen LogP contribution is 2.32. The predicted molar refractivity (Wildman–Crippen MR) is 92.6 cm³/mol. The van der Waals surface area contributed by atoms with Crippen molar-refractivity contribution in [3.05, 3.63) is 29.8 Å². The molecule has 1 spiro atoms. The SMILES string of the molecule is COc1ccc(C(=O)CN2C(=O)NC3(CCCCCCC3)C2=O)cc1. The van der Waals surface area contributed by atoms with Crippen LogP contribution in [-0.4, -0.2) is 41.8 Å². The quantitative estimate of drug-likeness (QED) is 0.673. The van der Waals surface area contributed by atoms with Crippen molar-refractivity contribution in [3.63, 3.8) is 0 Å².